The number of hydrogen-bond acceptors (Lipinski definition) is 5. The van der Waals surface area contributed by atoms with Crippen LogP contribution in [0.1, 0.15) is 55.8 Å². The molecule has 1 aromatic heterocycles. The van der Waals surface area contributed by atoms with Crippen LogP contribution in [0, 0.1) is 11.3 Å². The van der Waals surface area contributed by atoms with E-state index in [1.54, 1.807) is 13.2 Å². The van der Waals surface area contributed by atoms with Crippen LogP contribution < -0.4 is 5.32 Å². The van der Waals surface area contributed by atoms with E-state index in [9.17, 15) is 4.79 Å². The Kier molecular flexibility index (Phi) is 6.60. The molecule has 1 heterocycles. The van der Waals surface area contributed by atoms with Crippen molar-refractivity contribution in [3.8, 4) is 6.07 Å². The van der Waals surface area contributed by atoms with Gasteiger partial charge in [0, 0.05) is 26.1 Å². The second kappa shape index (κ2) is 8.20. The van der Waals surface area contributed by atoms with E-state index in [1.165, 1.54) is 4.90 Å². The van der Waals surface area contributed by atoms with Crippen molar-refractivity contribution in [1.29, 1.82) is 5.26 Å². The zero-order valence-electron chi connectivity index (χ0n) is 13.2. The Bertz CT molecular complexity index is 521. The van der Waals surface area contributed by atoms with Crippen LogP contribution in [0.2, 0.25) is 0 Å². The minimum atomic E-state index is -0.187. The Balaban J connectivity index is 3.06. The first-order chi connectivity index (χ1) is 10.0. The number of anilines is 1. The van der Waals surface area contributed by atoms with Gasteiger partial charge in [0.1, 0.15) is 5.82 Å². The topological polar surface area (TPSA) is 81.9 Å². The molecule has 0 aromatic carbocycles. The number of hydrogen-bond donors (Lipinski definition) is 1. The Morgan fingerprint density at radius 3 is 2.81 bits per heavy atom. The summed E-state index contributed by atoms with van der Waals surface area (Å²) in [7, 11) is 1.68. The van der Waals surface area contributed by atoms with Crippen molar-refractivity contribution < 1.29 is 4.79 Å². The van der Waals surface area contributed by atoms with Gasteiger partial charge in [-0.1, -0.05) is 20.8 Å². The highest BCUT2D eigenvalue weighted by atomic mass is 16.2. The molecule has 0 atom stereocenters. The zero-order chi connectivity index (χ0) is 15.8. The standard InChI is InChI=1S/C15H23N5O/c1-5-8-17-12-10-18-14(11(2)3)19-13(12)15(21)20(4)9-6-7-16/h10-11,17H,5-6,8-9H2,1-4H3. The quantitative estimate of drug-likeness (QED) is 0.833. The number of nitrogens with one attached hydrogen (secondary N) is 1. The second-order valence-electron chi connectivity index (χ2n) is 5.21. The van der Waals surface area contributed by atoms with Crippen LogP contribution in [-0.2, 0) is 0 Å². The SMILES string of the molecule is CCCNc1cnc(C(C)C)nc1C(=O)N(C)CCC#N. The van der Waals surface area contributed by atoms with Gasteiger partial charge in [0.2, 0.25) is 0 Å². The van der Waals surface area contributed by atoms with Crippen molar-refractivity contribution in [2.45, 2.75) is 39.5 Å². The monoisotopic (exact) mass is 289 g/mol. The van der Waals surface area contributed by atoms with E-state index in [2.05, 4.69) is 22.2 Å². The third-order valence-corrected chi connectivity index (χ3v) is 3.00. The van der Waals surface area contributed by atoms with Crippen molar-refractivity contribution >= 4 is 11.6 Å². The number of rotatable bonds is 7. The van der Waals surface area contributed by atoms with E-state index in [4.69, 9.17) is 5.26 Å². The van der Waals surface area contributed by atoms with Crippen LogP contribution in [-0.4, -0.2) is 40.9 Å². The molecular formula is C15H23N5O. The van der Waals surface area contributed by atoms with Crippen molar-refractivity contribution in [3.05, 3.63) is 17.7 Å². The molecule has 6 heteroatoms. The lowest BCUT2D eigenvalue weighted by Gasteiger charge is -2.18. The molecule has 0 fully saturated rings. The first-order valence-electron chi connectivity index (χ1n) is 7.24. The number of carbonyl (C=O) groups excluding carboxylic acids is 1. The number of amides is 1. The Labute approximate surface area is 126 Å². The predicted octanol–water partition coefficient (Wildman–Crippen LogP) is 2.41. The maximum absolute atomic E-state index is 12.5. The van der Waals surface area contributed by atoms with Crippen molar-refractivity contribution in [2.75, 3.05) is 25.5 Å². The van der Waals surface area contributed by atoms with E-state index in [1.807, 2.05) is 19.9 Å². The molecule has 0 bridgehead atoms. The summed E-state index contributed by atoms with van der Waals surface area (Å²) in [5.74, 6) is 0.614. The fourth-order valence-corrected chi connectivity index (χ4v) is 1.73. The van der Waals surface area contributed by atoms with Gasteiger partial charge in [0.05, 0.1) is 24.4 Å². The van der Waals surface area contributed by atoms with Crippen LogP contribution in [0.25, 0.3) is 0 Å². The first-order valence-corrected chi connectivity index (χ1v) is 7.24. The summed E-state index contributed by atoms with van der Waals surface area (Å²) in [6.07, 6.45) is 2.93. The van der Waals surface area contributed by atoms with Crippen LogP contribution in [0.3, 0.4) is 0 Å². The fraction of sp³-hybridized carbons (Fsp3) is 0.600. The molecule has 6 nitrogen and oxygen atoms in total. The lowest BCUT2D eigenvalue weighted by Crippen LogP contribution is -2.29. The lowest BCUT2D eigenvalue weighted by molar-refractivity contribution is 0.0792. The predicted molar refractivity (Wildman–Crippen MR) is 82.1 cm³/mol. The summed E-state index contributed by atoms with van der Waals surface area (Å²) in [6, 6.07) is 2.04. The summed E-state index contributed by atoms with van der Waals surface area (Å²) >= 11 is 0. The Morgan fingerprint density at radius 2 is 2.24 bits per heavy atom. The molecule has 1 aromatic rings. The summed E-state index contributed by atoms with van der Waals surface area (Å²) in [4.78, 5) is 22.7. The summed E-state index contributed by atoms with van der Waals surface area (Å²) in [6.45, 7) is 7.18. The van der Waals surface area contributed by atoms with E-state index < -0.39 is 0 Å². The number of carbonyl (C=O) groups is 1. The summed E-state index contributed by atoms with van der Waals surface area (Å²) in [5, 5.41) is 11.8. The highest BCUT2D eigenvalue weighted by Crippen LogP contribution is 2.18. The van der Waals surface area contributed by atoms with Gasteiger partial charge in [-0.2, -0.15) is 5.26 Å². The van der Waals surface area contributed by atoms with Crippen molar-refractivity contribution in [2.24, 2.45) is 0 Å². The van der Waals surface area contributed by atoms with Crippen LogP contribution in [0.4, 0.5) is 5.69 Å². The average molecular weight is 289 g/mol. The molecule has 0 aliphatic rings. The van der Waals surface area contributed by atoms with Crippen LogP contribution in [0.15, 0.2) is 6.20 Å². The minimum Gasteiger partial charge on any atom is -0.382 e. The normalized spacial score (nSPS) is 10.3. The Hall–Kier alpha value is -2.16. The van der Waals surface area contributed by atoms with Gasteiger partial charge in [-0.25, -0.2) is 9.97 Å². The van der Waals surface area contributed by atoms with Crippen molar-refractivity contribution in [1.82, 2.24) is 14.9 Å². The van der Waals surface area contributed by atoms with E-state index in [0.717, 1.165) is 13.0 Å². The van der Waals surface area contributed by atoms with E-state index in [-0.39, 0.29) is 11.8 Å². The lowest BCUT2D eigenvalue weighted by atomic mass is 10.2. The molecule has 114 valence electrons. The highest BCUT2D eigenvalue weighted by Gasteiger charge is 2.19. The molecule has 0 aliphatic carbocycles. The maximum Gasteiger partial charge on any atom is 0.274 e. The van der Waals surface area contributed by atoms with Gasteiger partial charge >= 0.3 is 0 Å². The van der Waals surface area contributed by atoms with Crippen LogP contribution in [0.5, 0.6) is 0 Å². The molecule has 0 unspecified atom stereocenters. The minimum absolute atomic E-state index is 0.154. The third-order valence-electron chi connectivity index (χ3n) is 3.00. The molecule has 0 radical (unpaired) electrons. The average Bonchev–Trinajstić information content (AvgIpc) is 2.49. The molecule has 0 spiro atoms. The largest absolute Gasteiger partial charge is 0.382 e. The van der Waals surface area contributed by atoms with Gasteiger partial charge in [-0.3, -0.25) is 4.79 Å². The highest BCUT2D eigenvalue weighted by molar-refractivity contribution is 5.97. The number of nitriles is 1. The molecule has 0 saturated carbocycles. The first kappa shape index (κ1) is 16.9. The van der Waals surface area contributed by atoms with Crippen molar-refractivity contribution in [3.63, 3.8) is 0 Å². The molecule has 0 saturated heterocycles. The van der Waals surface area contributed by atoms with E-state index >= 15 is 0 Å². The molecule has 0 aliphatic heterocycles. The molecular weight excluding hydrogens is 266 g/mol. The van der Waals surface area contributed by atoms with Gasteiger partial charge in [-0.15, -0.1) is 0 Å². The molecule has 21 heavy (non-hydrogen) atoms. The van der Waals surface area contributed by atoms with Gasteiger partial charge in [0.25, 0.3) is 5.91 Å². The Morgan fingerprint density at radius 1 is 1.52 bits per heavy atom. The summed E-state index contributed by atoms with van der Waals surface area (Å²) in [5.41, 5.74) is 1.03. The third kappa shape index (κ3) is 4.71. The van der Waals surface area contributed by atoms with Gasteiger partial charge < -0.3 is 10.2 Å². The molecule has 1 rings (SSSR count). The number of aromatic nitrogens is 2. The molecule has 1 N–H and O–H groups in total. The summed E-state index contributed by atoms with van der Waals surface area (Å²) < 4.78 is 0. The number of nitrogens with zero attached hydrogens (tertiary/aromatic N) is 4. The van der Waals surface area contributed by atoms with E-state index in [0.29, 0.717) is 30.2 Å². The second-order valence-corrected chi connectivity index (χ2v) is 5.21. The molecule has 1 amide bonds. The smallest absolute Gasteiger partial charge is 0.274 e. The maximum atomic E-state index is 12.5. The zero-order valence-corrected chi connectivity index (χ0v) is 13.2. The van der Waals surface area contributed by atoms with Crippen LogP contribution >= 0.6 is 0 Å². The fourth-order valence-electron chi connectivity index (χ4n) is 1.73. The van der Waals surface area contributed by atoms with Gasteiger partial charge in [-0.05, 0) is 6.42 Å². The van der Waals surface area contributed by atoms with Gasteiger partial charge in [0.15, 0.2) is 5.69 Å².